The summed E-state index contributed by atoms with van der Waals surface area (Å²) in [4.78, 5) is 9.91. The molecule has 0 aliphatic heterocycles. The SMILES string of the molecule is Cc1cccc([N+](=O)[O-])c1S(=O)(=O)NCCCOCCO. The normalized spacial score (nSPS) is 11.5. The number of aliphatic hydroxyl groups excluding tert-OH is 1. The van der Waals surface area contributed by atoms with Gasteiger partial charge in [0.15, 0.2) is 4.90 Å². The Morgan fingerprint density at radius 1 is 1.38 bits per heavy atom. The van der Waals surface area contributed by atoms with E-state index in [2.05, 4.69) is 4.72 Å². The van der Waals surface area contributed by atoms with Crippen molar-refractivity contribution in [1.29, 1.82) is 0 Å². The number of hydrogen-bond acceptors (Lipinski definition) is 6. The second-order valence-electron chi connectivity index (χ2n) is 4.27. The minimum absolute atomic E-state index is 0.0961. The molecule has 1 aromatic rings. The van der Waals surface area contributed by atoms with Gasteiger partial charge in [0.1, 0.15) is 0 Å². The maximum atomic E-state index is 12.2. The smallest absolute Gasteiger partial charge is 0.289 e. The van der Waals surface area contributed by atoms with Gasteiger partial charge in [-0.05, 0) is 18.9 Å². The fourth-order valence-corrected chi connectivity index (χ4v) is 3.22. The van der Waals surface area contributed by atoms with Crippen molar-refractivity contribution in [2.75, 3.05) is 26.4 Å². The summed E-state index contributed by atoms with van der Waals surface area (Å²) in [6.45, 7) is 1.99. The Balaban J connectivity index is 2.77. The van der Waals surface area contributed by atoms with Crippen LogP contribution in [0.4, 0.5) is 5.69 Å². The van der Waals surface area contributed by atoms with Crippen molar-refractivity contribution in [2.24, 2.45) is 0 Å². The summed E-state index contributed by atoms with van der Waals surface area (Å²) >= 11 is 0. The van der Waals surface area contributed by atoms with Crippen LogP contribution in [0.3, 0.4) is 0 Å². The molecule has 0 aliphatic carbocycles. The number of aliphatic hydroxyl groups is 1. The van der Waals surface area contributed by atoms with Gasteiger partial charge >= 0.3 is 0 Å². The number of sulfonamides is 1. The van der Waals surface area contributed by atoms with Crippen molar-refractivity contribution in [2.45, 2.75) is 18.2 Å². The van der Waals surface area contributed by atoms with E-state index in [1.165, 1.54) is 19.1 Å². The number of rotatable bonds is 9. The largest absolute Gasteiger partial charge is 0.394 e. The van der Waals surface area contributed by atoms with Crippen LogP contribution in [0.5, 0.6) is 0 Å². The van der Waals surface area contributed by atoms with Crippen LogP contribution >= 0.6 is 0 Å². The Hall–Kier alpha value is -1.55. The molecule has 118 valence electrons. The molecule has 0 unspecified atom stereocenters. The zero-order valence-corrected chi connectivity index (χ0v) is 12.4. The van der Waals surface area contributed by atoms with Gasteiger partial charge in [0.25, 0.3) is 5.69 Å². The summed E-state index contributed by atoms with van der Waals surface area (Å²) in [6.07, 6.45) is 0.402. The number of nitro groups is 1. The van der Waals surface area contributed by atoms with Crippen LogP contribution in [0.25, 0.3) is 0 Å². The standard InChI is InChI=1S/C12H18N2O6S/c1-10-4-2-5-11(14(16)17)12(10)21(18,19)13-6-3-8-20-9-7-15/h2,4-5,13,15H,3,6-9H2,1H3. The molecule has 0 fully saturated rings. The van der Waals surface area contributed by atoms with Gasteiger partial charge in [-0.25, -0.2) is 13.1 Å². The Morgan fingerprint density at radius 3 is 2.71 bits per heavy atom. The van der Waals surface area contributed by atoms with E-state index in [0.29, 0.717) is 18.6 Å². The highest BCUT2D eigenvalue weighted by Crippen LogP contribution is 2.26. The van der Waals surface area contributed by atoms with E-state index >= 15 is 0 Å². The van der Waals surface area contributed by atoms with E-state index in [1.54, 1.807) is 0 Å². The predicted molar refractivity (Wildman–Crippen MR) is 75.5 cm³/mol. The maximum absolute atomic E-state index is 12.2. The van der Waals surface area contributed by atoms with Crippen LogP contribution in [0.1, 0.15) is 12.0 Å². The van der Waals surface area contributed by atoms with Crippen LogP contribution < -0.4 is 4.72 Å². The summed E-state index contributed by atoms with van der Waals surface area (Å²) in [5.74, 6) is 0. The minimum atomic E-state index is -3.96. The molecule has 0 bridgehead atoms. The molecule has 0 aromatic heterocycles. The molecular formula is C12H18N2O6S. The fraction of sp³-hybridized carbons (Fsp3) is 0.500. The van der Waals surface area contributed by atoms with E-state index in [9.17, 15) is 18.5 Å². The van der Waals surface area contributed by atoms with Crippen molar-refractivity contribution in [3.63, 3.8) is 0 Å². The first-order valence-electron chi connectivity index (χ1n) is 6.32. The molecule has 8 nitrogen and oxygen atoms in total. The van der Waals surface area contributed by atoms with Gasteiger partial charge in [0, 0.05) is 19.2 Å². The topological polar surface area (TPSA) is 119 Å². The lowest BCUT2D eigenvalue weighted by Crippen LogP contribution is -2.27. The number of hydrogen-bond donors (Lipinski definition) is 2. The van der Waals surface area contributed by atoms with Crippen molar-refractivity contribution in [3.8, 4) is 0 Å². The third-order valence-corrected chi connectivity index (χ3v) is 4.30. The van der Waals surface area contributed by atoms with Crippen LogP contribution in [-0.2, 0) is 14.8 Å². The molecule has 0 saturated heterocycles. The molecule has 0 heterocycles. The second-order valence-corrected chi connectivity index (χ2v) is 5.97. The monoisotopic (exact) mass is 318 g/mol. The third-order valence-electron chi connectivity index (χ3n) is 2.65. The molecule has 0 aliphatic rings. The highest BCUT2D eigenvalue weighted by molar-refractivity contribution is 7.89. The Morgan fingerprint density at radius 2 is 2.10 bits per heavy atom. The van der Waals surface area contributed by atoms with Crippen LogP contribution in [-0.4, -0.2) is 44.8 Å². The number of nitro benzene ring substituents is 1. The number of benzene rings is 1. The first kappa shape index (κ1) is 17.5. The summed E-state index contributed by atoms with van der Waals surface area (Å²) in [5.41, 5.74) is -0.132. The quantitative estimate of drug-likeness (QED) is 0.390. The van der Waals surface area contributed by atoms with E-state index in [-0.39, 0.29) is 24.7 Å². The number of aryl methyl sites for hydroxylation is 1. The average Bonchev–Trinajstić information content (AvgIpc) is 2.42. The summed E-state index contributed by atoms with van der Waals surface area (Å²) in [6, 6.07) is 4.10. The molecule has 2 N–H and O–H groups in total. The third kappa shape index (κ3) is 5.05. The molecule has 0 saturated carbocycles. The highest BCUT2D eigenvalue weighted by Gasteiger charge is 2.27. The zero-order chi connectivity index (χ0) is 15.9. The second kappa shape index (κ2) is 8.03. The summed E-state index contributed by atoms with van der Waals surface area (Å²) < 4.78 is 31.7. The van der Waals surface area contributed by atoms with E-state index in [0.717, 1.165) is 6.07 Å². The molecule has 9 heteroatoms. The Bertz CT molecular complexity index is 587. The number of nitrogens with one attached hydrogen (secondary N) is 1. The van der Waals surface area contributed by atoms with Crippen LogP contribution in [0.15, 0.2) is 23.1 Å². The predicted octanol–water partition coefficient (Wildman–Crippen LogP) is 0.581. The number of nitrogens with zero attached hydrogens (tertiary/aromatic N) is 1. The first-order chi connectivity index (χ1) is 9.90. The molecule has 21 heavy (non-hydrogen) atoms. The van der Waals surface area contributed by atoms with Gasteiger partial charge in [-0.3, -0.25) is 10.1 Å². The van der Waals surface area contributed by atoms with E-state index in [1.807, 2.05) is 0 Å². The van der Waals surface area contributed by atoms with Gasteiger partial charge in [0.05, 0.1) is 18.1 Å². The first-order valence-corrected chi connectivity index (χ1v) is 7.80. The van der Waals surface area contributed by atoms with Crippen molar-refractivity contribution in [3.05, 3.63) is 33.9 Å². The maximum Gasteiger partial charge on any atom is 0.289 e. The van der Waals surface area contributed by atoms with Crippen LogP contribution in [0.2, 0.25) is 0 Å². The van der Waals surface area contributed by atoms with E-state index in [4.69, 9.17) is 9.84 Å². The minimum Gasteiger partial charge on any atom is -0.394 e. The average molecular weight is 318 g/mol. The highest BCUT2D eigenvalue weighted by atomic mass is 32.2. The zero-order valence-electron chi connectivity index (χ0n) is 11.6. The van der Waals surface area contributed by atoms with Crippen molar-refractivity contribution in [1.82, 2.24) is 4.72 Å². The molecule has 0 atom stereocenters. The molecular weight excluding hydrogens is 300 g/mol. The van der Waals surface area contributed by atoms with Gasteiger partial charge in [0.2, 0.25) is 10.0 Å². The van der Waals surface area contributed by atoms with Crippen LogP contribution in [0, 0.1) is 17.0 Å². The van der Waals surface area contributed by atoms with Gasteiger partial charge in [-0.2, -0.15) is 0 Å². The Kier molecular flexibility index (Phi) is 6.69. The Labute approximate surface area is 122 Å². The lowest BCUT2D eigenvalue weighted by Gasteiger charge is -2.09. The lowest BCUT2D eigenvalue weighted by atomic mass is 10.2. The molecule has 0 spiro atoms. The summed E-state index contributed by atoms with van der Waals surface area (Å²) in [7, 11) is -3.96. The molecule has 0 amide bonds. The lowest BCUT2D eigenvalue weighted by molar-refractivity contribution is -0.387. The number of ether oxygens (including phenoxy) is 1. The molecule has 1 rings (SSSR count). The molecule has 0 radical (unpaired) electrons. The van der Waals surface area contributed by atoms with Crippen molar-refractivity contribution < 1.29 is 23.2 Å². The van der Waals surface area contributed by atoms with Crippen molar-refractivity contribution >= 4 is 15.7 Å². The fourth-order valence-electron chi connectivity index (χ4n) is 1.75. The van der Waals surface area contributed by atoms with Gasteiger partial charge in [-0.15, -0.1) is 0 Å². The van der Waals surface area contributed by atoms with E-state index < -0.39 is 20.6 Å². The summed E-state index contributed by atoms with van der Waals surface area (Å²) in [5, 5.41) is 19.5. The van der Waals surface area contributed by atoms with Gasteiger partial charge in [-0.1, -0.05) is 12.1 Å². The molecule has 1 aromatic carbocycles. The van der Waals surface area contributed by atoms with Gasteiger partial charge < -0.3 is 9.84 Å².